The van der Waals surface area contributed by atoms with Gasteiger partial charge in [0, 0.05) is 7.05 Å². The summed E-state index contributed by atoms with van der Waals surface area (Å²) in [5.74, 6) is -0.154. The average Bonchev–Trinajstić information content (AvgIpc) is 2.34. The molecule has 0 aromatic carbocycles. The van der Waals surface area contributed by atoms with Crippen molar-refractivity contribution in [1.82, 2.24) is 5.32 Å². The summed E-state index contributed by atoms with van der Waals surface area (Å²) in [5.41, 5.74) is 1.18. The van der Waals surface area contributed by atoms with Crippen molar-refractivity contribution in [3.63, 3.8) is 0 Å². The zero-order chi connectivity index (χ0) is 7.56. The highest BCUT2D eigenvalue weighted by Crippen LogP contribution is 1.94. The molecule has 0 aliphatic carbocycles. The molecule has 10 heavy (non-hydrogen) atoms. The maximum Gasteiger partial charge on any atom is 0.271 e. The van der Waals surface area contributed by atoms with Crippen molar-refractivity contribution in [2.75, 3.05) is 13.7 Å². The Morgan fingerprint density at radius 2 is 2.30 bits per heavy atom. The van der Waals surface area contributed by atoms with Gasteiger partial charge >= 0.3 is 0 Å². The molecule has 1 heterocycles. The number of nitrogens with one attached hydrogen (secondary N) is 1. The van der Waals surface area contributed by atoms with Crippen molar-refractivity contribution in [2.45, 2.75) is 6.92 Å². The van der Waals surface area contributed by atoms with Gasteiger partial charge in [-0.05, 0) is 6.92 Å². The lowest BCUT2D eigenvalue weighted by atomic mass is 10.2. The Labute approximate surface area is 59.1 Å². The van der Waals surface area contributed by atoms with Crippen LogP contribution in [0.2, 0.25) is 0 Å². The van der Waals surface area contributed by atoms with Gasteiger partial charge < -0.3 is 5.32 Å². The zero-order valence-corrected chi connectivity index (χ0v) is 6.01. The third-order valence-corrected chi connectivity index (χ3v) is 1.32. The van der Waals surface area contributed by atoms with Gasteiger partial charge in [0.25, 0.3) is 5.91 Å². The smallest absolute Gasteiger partial charge is 0.271 e. The quantitative estimate of drug-likeness (QED) is 0.528. The van der Waals surface area contributed by atoms with Crippen molar-refractivity contribution in [1.29, 1.82) is 0 Å². The third kappa shape index (κ3) is 1.05. The Balaban J connectivity index is 2.75. The van der Waals surface area contributed by atoms with Crippen molar-refractivity contribution in [3.8, 4) is 0 Å². The zero-order valence-electron chi connectivity index (χ0n) is 6.01. The summed E-state index contributed by atoms with van der Waals surface area (Å²) in [7, 11) is 1.58. The van der Waals surface area contributed by atoms with Gasteiger partial charge in [-0.2, -0.15) is 0 Å². The molecule has 4 heteroatoms. The van der Waals surface area contributed by atoms with Gasteiger partial charge in [-0.25, -0.2) is 0 Å². The summed E-state index contributed by atoms with van der Waals surface area (Å²) in [6.45, 7) is 2.18. The Morgan fingerprint density at radius 1 is 1.60 bits per heavy atom. The molecule has 1 amide bonds. The number of aliphatic imine (C=N–C) groups is 2. The highest BCUT2D eigenvalue weighted by Gasteiger charge is 2.15. The van der Waals surface area contributed by atoms with Crippen LogP contribution in [0.25, 0.3) is 0 Å². The first-order valence-corrected chi connectivity index (χ1v) is 3.03. The van der Waals surface area contributed by atoms with E-state index in [1.54, 1.807) is 14.0 Å². The number of nitrogens with zero attached hydrogens (tertiary/aromatic N) is 2. The van der Waals surface area contributed by atoms with E-state index in [0.29, 0.717) is 12.4 Å². The van der Waals surface area contributed by atoms with Crippen molar-refractivity contribution >= 4 is 17.3 Å². The van der Waals surface area contributed by atoms with Crippen LogP contribution in [-0.2, 0) is 4.79 Å². The predicted octanol–water partition coefficient (Wildman–Crippen LogP) is -0.395. The first-order valence-electron chi connectivity index (χ1n) is 3.03. The van der Waals surface area contributed by atoms with Crippen LogP contribution in [0.15, 0.2) is 9.98 Å². The van der Waals surface area contributed by atoms with E-state index in [4.69, 9.17) is 0 Å². The summed E-state index contributed by atoms with van der Waals surface area (Å²) in [4.78, 5) is 18.7. The molecule has 0 bridgehead atoms. The monoisotopic (exact) mass is 139 g/mol. The van der Waals surface area contributed by atoms with Gasteiger partial charge in [-0.15, -0.1) is 0 Å². The lowest BCUT2D eigenvalue weighted by molar-refractivity contribution is -0.114. The minimum atomic E-state index is -0.154. The number of rotatable bonds is 1. The molecular formula is C6H9N3O. The highest BCUT2D eigenvalue weighted by atomic mass is 16.1. The molecule has 0 unspecified atom stereocenters. The van der Waals surface area contributed by atoms with Crippen LogP contribution >= 0.6 is 0 Å². The van der Waals surface area contributed by atoms with Crippen molar-refractivity contribution in [3.05, 3.63) is 0 Å². The molecule has 4 nitrogen and oxygen atoms in total. The average molecular weight is 139 g/mol. The molecule has 0 fully saturated rings. The summed E-state index contributed by atoms with van der Waals surface area (Å²) in [5, 5.41) is 2.49. The van der Waals surface area contributed by atoms with E-state index in [2.05, 4.69) is 15.3 Å². The largest absolute Gasteiger partial charge is 0.354 e. The number of amides is 1. The summed E-state index contributed by atoms with van der Waals surface area (Å²) < 4.78 is 0. The molecule has 0 saturated carbocycles. The highest BCUT2D eigenvalue weighted by molar-refractivity contribution is 6.67. The van der Waals surface area contributed by atoms with Gasteiger partial charge in [0.05, 0.1) is 5.71 Å². The van der Waals surface area contributed by atoms with Crippen LogP contribution in [0, 0.1) is 0 Å². The van der Waals surface area contributed by atoms with Crippen LogP contribution < -0.4 is 5.32 Å². The maximum absolute atomic E-state index is 10.9. The first-order chi connectivity index (χ1) is 4.75. The molecule has 0 spiro atoms. The summed E-state index contributed by atoms with van der Waals surface area (Å²) in [6, 6.07) is 0. The molecule has 0 atom stereocenters. The molecule has 54 valence electrons. The molecule has 0 aromatic rings. The van der Waals surface area contributed by atoms with Gasteiger partial charge in [0.15, 0.2) is 0 Å². The van der Waals surface area contributed by atoms with Crippen LogP contribution in [0.3, 0.4) is 0 Å². The Morgan fingerprint density at radius 3 is 2.70 bits per heavy atom. The number of hydrogen-bond donors (Lipinski definition) is 1. The van der Waals surface area contributed by atoms with E-state index in [9.17, 15) is 4.79 Å². The van der Waals surface area contributed by atoms with E-state index < -0.39 is 0 Å². The van der Waals surface area contributed by atoms with Crippen LogP contribution in [0.4, 0.5) is 0 Å². The number of carbonyl (C=O) groups excluding carboxylic acids is 1. The SMILES string of the molecule is CNC(=O)C1=NCN=C1C. The van der Waals surface area contributed by atoms with Crippen LogP contribution in [0.1, 0.15) is 6.92 Å². The van der Waals surface area contributed by atoms with E-state index in [0.717, 1.165) is 5.71 Å². The minimum Gasteiger partial charge on any atom is -0.354 e. The topological polar surface area (TPSA) is 53.8 Å². The Bertz CT molecular complexity index is 217. The summed E-state index contributed by atoms with van der Waals surface area (Å²) >= 11 is 0. The van der Waals surface area contributed by atoms with Crippen LogP contribution in [0.5, 0.6) is 0 Å². The van der Waals surface area contributed by atoms with Gasteiger partial charge in [0.2, 0.25) is 0 Å². The molecule has 1 aliphatic rings. The molecule has 0 radical (unpaired) electrons. The Hall–Kier alpha value is -1.19. The molecule has 1 N–H and O–H groups in total. The fraction of sp³-hybridized carbons (Fsp3) is 0.500. The number of carbonyl (C=O) groups is 1. The van der Waals surface area contributed by atoms with Gasteiger partial charge in [-0.3, -0.25) is 14.8 Å². The lowest BCUT2D eigenvalue weighted by Gasteiger charge is -1.96. The predicted molar refractivity (Wildman–Crippen MR) is 39.5 cm³/mol. The molecule has 1 aliphatic heterocycles. The first kappa shape index (κ1) is 6.92. The minimum absolute atomic E-state index is 0.154. The van der Waals surface area contributed by atoms with Gasteiger partial charge in [-0.1, -0.05) is 0 Å². The fourth-order valence-electron chi connectivity index (χ4n) is 0.756. The molecule has 1 rings (SSSR count). The third-order valence-electron chi connectivity index (χ3n) is 1.32. The number of hydrogen-bond acceptors (Lipinski definition) is 3. The second-order valence-electron chi connectivity index (χ2n) is 1.97. The summed E-state index contributed by atoms with van der Waals surface area (Å²) in [6.07, 6.45) is 0. The van der Waals surface area contributed by atoms with E-state index in [1.807, 2.05) is 0 Å². The van der Waals surface area contributed by atoms with Gasteiger partial charge in [0.1, 0.15) is 12.4 Å². The lowest BCUT2D eigenvalue weighted by Crippen LogP contribution is -2.30. The maximum atomic E-state index is 10.9. The Kier molecular flexibility index (Phi) is 1.80. The second-order valence-corrected chi connectivity index (χ2v) is 1.97. The van der Waals surface area contributed by atoms with Crippen molar-refractivity contribution in [2.24, 2.45) is 9.98 Å². The van der Waals surface area contributed by atoms with E-state index in [1.165, 1.54) is 0 Å². The van der Waals surface area contributed by atoms with E-state index in [-0.39, 0.29) is 5.91 Å². The van der Waals surface area contributed by atoms with E-state index >= 15 is 0 Å². The van der Waals surface area contributed by atoms with Crippen LogP contribution in [-0.4, -0.2) is 31.0 Å². The fourth-order valence-corrected chi connectivity index (χ4v) is 0.756. The molecule has 0 aromatic heterocycles. The van der Waals surface area contributed by atoms with Crippen molar-refractivity contribution < 1.29 is 4.79 Å². The standard InChI is InChI=1S/C6H9N3O/c1-4-5(6(10)7-2)9-3-8-4/h3H2,1-2H3,(H,7,10). The molecular weight excluding hydrogens is 130 g/mol. The second kappa shape index (κ2) is 2.60. The normalized spacial score (nSPS) is 16.2. The molecule has 0 saturated heterocycles.